The maximum atomic E-state index is 12.4. The van der Waals surface area contributed by atoms with Crippen LogP contribution in [0.4, 0.5) is 0 Å². The van der Waals surface area contributed by atoms with Crippen LogP contribution in [0.25, 0.3) is 0 Å². The molecule has 1 aliphatic rings. The molecule has 1 amide bonds. The molecule has 3 nitrogen and oxygen atoms in total. The number of carbonyl (C=O) groups excluding carboxylic acids is 1. The van der Waals surface area contributed by atoms with Crippen molar-refractivity contribution in [2.75, 3.05) is 19.6 Å². The van der Waals surface area contributed by atoms with Gasteiger partial charge in [-0.3, -0.25) is 4.79 Å². The highest BCUT2D eigenvalue weighted by molar-refractivity contribution is 6.30. The molecule has 0 aromatic heterocycles. The molecule has 0 radical (unpaired) electrons. The van der Waals surface area contributed by atoms with Crippen LogP contribution in [-0.2, 0) is 11.3 Å². The van der Waals surface area contributed by atoms with Crippen LogP contribution >= 0.6 is 24.0 Å². The van der Waals surface area contributed by atoms with Gasteiger partial charge in [0, 0.05) is 24.5 Å². The minimum atomic E-state index is 0. The van der Waals surface area contributed by atoms with Crippen molar-refractivity contribution >= 4 is 29.9 Å². The van der Waals surface area contributed by atoms with Crippen molar-refractivity contribution < 1.29 is 4.79 Å². The highest BCUT2D eigenvalue weighted by atomic mass is 35.5. The van der Waals surface area contributed by atoms with Crippen LogP contribution in [0.2, 0.25) is 5.02 Å². The van der Waals surface area contributed by atoms with Crippen LogP contribution in [-0.4, -0.2) is 30.4 Å². The predicted octanol–water partition coefficient (Wildman–Crippen LogP) is 3.50. The van der Waals surface area contributed by atoms with Crippen molar-refractivity contribution in [1.82, 2.24) is 10.2 Å². The van der Waals surface area contributed by atoms with E-state index in [-0.39, 0.29) is 18.3 Å². The summed E-state index contributed by atoms with van der Waals surface area (Å²) in [5, 5.41) is 4.06. The maximum absolute atomic E-state index is 12.4. The largest absolute Gasteiger partial charge is 0.339 e. The SMILES string of the molecule is CCN(Cc1cccc(Cl)c1)C(=O)CC1CCNCC1.Cl. The first-order valence-electron chi connectivity index (χ1n) is 7.42. The van der Waals surface area contributed by atoms with E-state index in [4.69, 9.17) is 11.6 Å². The van der Waals surface area contributed by atoms with Crippen molar-refractivity contribution in [2.45, 2.75) is 32.7 Å². The van der Waals surface area contributed by atoms with Gasteiger partial charge >= 0.3 is 0 Å². The fraction of sp³-hybridized carbons (Fsp3) is 0.562. The topological polar surface area (TPSA) is 32.3 Å². The van der Waals surface area contributed by atoms with E-state index < -0.39 is 0 Å². The molecule has 1 aliphatic heterocycles. The van der Waals surface area contributed by atoms with Gasteiger partial charge in [-0.2, -0.15) is 0 Å². The Labute approximate surface area is 138 Å². The van der Waals surface area contributed by atoms with Gasteiger partial charge in [0.15, 0.2) is 0 Å². The van der Waals surface area contributed by atoms with E-state index in [1.165, 1.54) is 0 Å². The van der Waals surface area contributed by atoms with Gasteiger partial charge in [0.25, 0.3) is 0 Å². The average Bonchev–Trinajstić information content (AvgIpc) is 2.46. The van der Waals surface area contributed by atoms with Crippen LogP contribution in [0, 0.1) is 5.92 Å². The summed E-state index contributed by atoms with van der Waals surface area (Å²) in [6.07, 6.45) is 2.90. The molecule has 2 rings (SSSR count). The predicted molar refractivity (Wildman–Crippen MR) is 90.0 cm³/mol. The molecule has 0 aliphatic carbocycles. The Kier molecular flexibility index (Phi) is 8.09. The minimum absolute atomic E-state index is 0. The molecule has 0 bridgehead atoms. The summed E-state index contributed by atoms with van der Waals surface area (Å²) in [7, 11) is 0. The normalized spacial score (nSPS) is 15.3. The minimum Gasteiger partial charge on any atom is -0.339 e. The van der Waals surface area contributed by atoms with E-state index in [1.54, 1.807) is 0 Å². The van der Waals surface area contributed by atoms with Crippen molar-refractivity contribution in [3.05, 3.63) is 34.9 Å². The lowest BCUT2D eigenvalue weighted by Gasteiger charge is -2.26. The summed E-state index contributed by atoms with van der Waals surface area (Å²) in [5.74, 6) is 0.802. The summed E-state index contributed by atoms with van der Waals surface area (Å²) in [6, 6.07) is 7.75. The van der Waals surface area contributed by atoms with Crippen molar-refractivity contribution in [3.8, 4) is 0 Å². The lowest BCUT2D eigenvalue weighted by molar-refractivity contribution is -0.132. The van der Waals surface area contributed by atoms with Crippen LogP contribution < -0.4 is 5.32 Å². The van der Waals surface area contributed by atoms with Gasteiger partial charge in [0.05, 0.1) is 0 Å². The number of halogens is 2. The van der Waals surface area contributed by atoms with Crippen LogP contribution in [0.1, 0.15) is 31.7 Å². The molecule has 1 aromatic rings. The number of hydrogen-bond donors (Lipinski definition) is 1. The Morgan fingerprint density at radius 2 is 2.10 bits per heavy atom. The van der Waals surface area contributed by atoms with E-state index in [1.807, 2.05) is 36.1 Å². The molecule has 0 saturated carbocycles. The van der Waals surface area contributed by atoms with Gasteiger partial charge in [0.1, 0.15) is 0 Å². The lowest BCUT2D eigenvalue weighted by Crippen LogP contribution is -2.35. The second-order valence-corrected chi connectivity index (χ2v) is 5.87. The van der Waals surface area contributed by atoms with E-state index >= 15 is 0 Å². The highest BCUT2D eigenvalue weighted by Gasteiger charge is 2.20. The highest BCUT2D eigenvalue weighted by Crippen LogP contribution is 2.19. The average molecular weight is 331 g/mol. The fourth-order valence-electron chi connectivity index (χ4n) is 2.69. The number of benzene rings is 1. The zero-order valence-electron chi connectivity index (χ0n) is 12.5. The van der Waals surface area contributed by atoms with Gasteiger partial charge < -0.3 is 10.2 Å². The summed E-state index contributed by atoms with van der Waals surface area (Å²) >= 11 is 6.00. The number of amides is 1. The van der Waals surface area contributed by atoms with Crippen molar-refractivity contribution in [3.63, 3.8) is 0 Å². The summed E-state index contributed by atoms with van der Waals surface area (Å²) in [5.41, 5.74) is 1.10. The molecule has 0 spiro atoms. The molecule has 0 atom stereocenters. The zero-order valence-corrected chi connectivity index (χ0v) is 14.1. The third-order valence-corrected chi connectivity index (χ3v) is 4.15. The molecule has 0 unspecified atom stereocenters. The first-order valence-corrected chi connectivity index (χ1v) is 7.79. The fourth-order valence-corrected chi connectivity index (χ4v) is 2.91. The summed E-state index contributed by atoms with van der Waals surface area (Å²) in [6.45, 7) is 5.51. The number of hydrogen-bond acceptors (Lipinski definition) is 2. The van der Waals surface area contributed by atoms with Gasteiger partial charge in [-0.25, -0.2) is 0 Å². The van der Waals surface area contributed by atoms with Gasteiger partial charge in [0.2, 0.25) is 5.91 Å². The molecule has 21 heavy (non-hydrogen) atoms. The Hall–Kier alpha value is -0.770. The van der Waals surface area contributed by atoms with Gasteiger partial charge in [-0.1, -0.05) is 23.7 Å². The standard InChI is InChI=1S/C16H23ClN2O.ClH/c1-2-19(12-14-4-3-5-15(17)10-14)16(20)11-13-6-8-18-9-7-13;/h3-5,10,13,18H,2,6-9,11-12H2,1H3;1H. The summed E-state index contributed by atoms with van der Waals surface area (Å²) in [4.78, 5) is 14.3. The second-order valence-electron chi connectivity index (χ2n) is 5.44. The van der Waals surface area contributed by atoms with E-state index in [0.717, 1.165) is 43.1 Å². The molecular formula is C16H24Cl2N2O. The number of piperidine rings is 1. The zero-order chi connectivity index (χ0) is 14.4. The van der Waals surface area contributed by atoms with Crippen LogP contribution in [0.15, 0.2) is 24.3 Å². The number of rotatable bonds is 5. The molecular weight excluding hydrogens is 307 g/mol. The maximum Gasteiger partial charge on any atom is 0.223 e. The second kappa shape index (κ2) is 9.29. The number of nitrogens with one attached hydrogen (secondary N) is 1. The molecule has 1 fully saturated rings. The molecule has 1 saturated heterocycles. The van der Waals surface area contributed by atoms with E-state index in [0.29, 0.717) is 18.9 Å². The van der Waals surface area contributed by atoms with Crippen molar-refractivity contribution in [2.24, 2.45) is 5.92 Å². The Balaban J connectivity index is 0.00000220. The third kappa shape index (κ3) is 5.85. The Morgan fingerprint density at radius 3 is 2.71 bits per heavy atom. The van der Waals surface area contributed by atoms with Crippen molar-refractivity contribution in [1.29, 1.82) is 0 Å². The monoisotopic (exact) mass is 330 g/mol. The summed E-state index contributed by atoms with van der Waals surface area (Å²) < 4.78 is 0. The van der Waals surface area contributed by atoms with Crippen LogP contribution in [0.5, 0.6) is 0 Å². The first-order chi connectivity index (χ1) is 9.69. The quantitative estimate of drug-likeness (QED) is 0.896. The molecule has 118 valence electrons. The Bertz CT molecular complexity index is 448. The van der Waals surface area contributed by atoms with Crippen LogP contribution in [0.3, 0.4) is 0 Å². The molecule has 5 heteroatoms. The number of nitrogens with zero attached hydrogens (tertiary/aromatic N) is 1. The van der Waals surface area contributed by atoms with Gasteiger partial charge in [-0.15, -0.1) is 12.4 Å². The first kappa shape index (κ1) is 18.3. The molecule has 1 aromatic carbocycles. The number of carbonyl (C=O) groups is 1. The lowest BCUT2D eigenvalue weighted by atomic mass is 9.94. The smallest absolute Gasteiger partial charge is 0.223 e. The Morgan fingerprint density at radius 1 is 1.38 bits per heavy atom. The van der Waals surface area contributed by atoms with Gasteiger partial charge in [-0.05, 0) is 56.5 Å². The molecule has 1 heterocycles. The molecule has 1 N–H and O–H groups in total. The van der Waals surface area contributed by atoms with E-state index in [9.17, 15) is 4.79 Å². The van der Waals surface area contributed by atoms with E-state index in [2.05, 4.69) is 5.32 Å². The third-order valence-electron chi connectivity index (χ3n) is 3.92.